The average molecular weight is 320 g/mol. The van der Waals surface area contributed by atoms with Gasteiger partial charge in [-0.05, 0) is 29.8 Å². The first kappa shape index (κ1) is 15.9. The summed E-state index contributed by atoms with van der Waals surface area (Å²) in [6.45, 7) is 0. The number of carbonyl (C=O) groups is 1. The van der Waals surface area contributed by atoms with Crippen LogP contribution in [0.15, 0.2) is 30.3 Å². The van der Waals surface area contributed by atoms with E-state index in [4.69, 9.17) is 5.11 Å². The van der Waals surface area contributed by atoms with Crippen LogP contribution in [0, 0.1) is 17.5 Å². The minimum atomic E-state index is -4.80. The third-order valence-electron chi connectivity index (χ3n) is 2.88. The van der Waals surface area contributed by atoms with Gasteiger partial charge >= 0.3 is 12.1 Å². The smallest absolute Gasteiger partial charge is 0.416 e. The molecule has 0 unspecified atom stereocenters. The molecule has 0 saturated carbocycles. The predicted octanol–water partition coefficient (Wildman–Crippen LogP) is 4.49. The van der Waals surface area contributed by atoms with E-state index in [2.05, 4.69) is 0 Å². The molecule has 0 bridgehead atoms. The SMILES string of the molecule is O=C(O)c1ccc(C(F)(F)F)cc1-c1cc(F)c(F)cc1F. The van der Waals surface area contributed by atoms with Gasteiger partial charge in [0.15, 0.2) is 11.6 Å². The van der Waals surface area contributed by atoms with Crippen LogP contribution >= 0.6 is 0 Å². The van der Waals surface area contributed by atoms with E-state index < -0.39 is 51.9 Å². The molecule has 0 saturated heterocycles. The fraction of sp³-hybridized carbons (Fsp3) is 0.0714. The summed E-state index contributed by atoms with van der Waals surface area (Å²) in [5.41, 5.74) is -3.38. The van der Waals surface area contributed by atoms with E-state index in [1.807, 2.05) is 0 Å². The number of halogens is 6. The number of alkyl halides is 3. The molecule has 2 aromatic carbocycles. The second kappa shape index (κ2) is 5.36. The first-order valence-corrected chi connectivity index (χ1v) is 5.70. The molecule has 0 fully saturated rings. The number of benzene rings is 2. The van der Waals surface area contributed by atoms with Crippen molar-refractivity contribution in [2.75, 3.05) is 0 Å². The van der Waals surface area contributed by atoms with Crippen LogP contribution in [0.2, 0.25) is 0 Å². The fourth-order valence-corrected chi connectivity index (χ4v) is 1.86. The lowest BCUT2D eigenvalue weighted by Gasteiger charge is -2.12. The topological polar surface area (TPSA) is 37.3 Å². The Kier molecular flexibility index (Phi) is 3.87. The van der Waals surface area contributed by atoms with E-state index in [1.54, 1.807) is 0 Å². The Labute approximate surface area is 119 Å². The summed E-state index contributed by atoms with van der Waals surface area (Å²) < 4.78 is 77.9. The van der Waals surface area contributed by atoms with Gasteiger partial charge in [0, 0.05) is 11.6 Å². The van der Waals surface area contributed by atoms with Crippen molar-refractivity contribution in [2.24, 2.45) is 0 Å². The second-order valence-corrected chi connectivity index (χ2v) is 4.31. The Bertz CT molecular complexity index is 752. The molecule has 0 amide bonds. The molecule has 116 valence electrons. The summed E-state index contributed by atoms with van der Waals surface area (Å²) in [7, 11) is 0. The average Bonchev–Trinajstić information content (AvgIpc) is 2.41. The predicted molar refractivity (Wildman–Crippen MR) is 63.7 cm³/mol. The Morgan fingerprint density at radius 1 is 0.864 bits per heavy atom. The van der Waals surface area contributed by atoms with Crippen LogP contribution in [0.1, 0.15) is 15.9 Å². The summed E-state index contributed by atoms with van der Waals surface area (Å²) in [6, 6.07) is 1.95. The zero-order chi connectivity index (χ0) is 16.7. The Morgan fingerprint density at radius 3 is 2.00 bits per heavy atom. The monoisotopic (exact) mass is 320 g/mol. The normalized spacial score (nSPS) is 11.5. The standard InChI is InChI=1S/C14H6F6O2/c15-10-5-12(17)11(16)4-9(10)8-3-6(14(18,19)20)1-2-7(8)13(21)22/h1-5H,(H,21,22). The van der Waals surface area contributed by atoms with Gasteiger partial charge in [-0.3, -0.25) is 0 Å². The first-order valence-electron chi connectivity index (χ1n) is 5.70. The number of rotatable bonds is 2. The molecule has 0 atom stereocenters. The van der Waals surface area contributed by atoms with Crippen molar-refractivity contribution in [2.45, 2.75) is 6.18 Å². The summed E-state index contributed by atoms with van der Waals surface area (Å²) in [6.07, 6.45) is -4.80. The maximum Gasteiger partial charge on any atom is 0.416 e. The molecule has 2 aromatic rings. The Balaban J connectivity index is 2.77. The summed E-state index contributed by atoms with van der Waals surface area (Å²) in [4.78, 5) is 11.0. The van der Waals surface area contributed by atoms with Gasteiger partial charge in [-0.2, -0.15) is 13.2 Å². The zero-order valence-electron chi connectivity index (χ0n) is 10.5. The van der Waals surface area contributed by atoms with E-state index in [0.29, 0.717) is 24.3 Å². The molecule has 22 heavy (non-hydrogen) atoms. The van der Waals surface area contributed by atoms with Gasteiger partial charge in [-0.15, -0.1) is 0 Å². The van der Waals surface area contributed by atoms with Crippen molar-refractivity contribution in [3.63, 3.8) is 0 Å². The van der Waals surface area contributed by atoms with Gasteiger partial charge in [0.05, 0.1) is 11.1 Å². The second-order valence-electron chi connectivity index (χ2n) is 4.31. The molecule has 2 nitrogen and oxygen atoms in total. The highest BCUT2D eigenvalue weighted by atomic mass is 19.4. The van der Waals surface area contributed by atoms with Crippen LogP contribution in [-0.2, 0) is 6.18 Å². The van der Waals surface area contributed by atoms with Crippen LogP contribution in [-0.4, -0.2) is 11.1 Å². The molecule has 0 aliphatic rings. The molecular weight excluding hydrogens is 314 g/mol. The summed E-state index contributed by atoms with van der Waals surface area (Å²) >= 11 is 0. The maximum atomic E-state index is 13.7. The van der Waals surface area contributed by atoms with Crippen LogP contribution in [0.5, 0.6) is 0 Å². The van der Waals surface area contributed by atoms with Crippen molar-refractivity contribution in [1.29, 1.82) is 0 Å². The molecule has 1 N–H and O–H groups in total. The molecule has 0 aromatic heterocycles. The van der Waals surface area contributed by atoms with E-state index in [-0.39, 0.29) is 6.07 Å². The lowest BCUT2D eigenvalue weighted by Crippen LogP contribution is -2.08. The van der Waals surface area contributed by atoms with Gasteiger partial charge in [-0.25, -0.2) is 18.0 Å². The minimum absolute atomic E-state index is 0.135. The maximum absolute atomic E-state index is 13.7. The molecule has 2 rings (SSSR count). The van der Waals surface area contributed by atoms with Crippen LogP contribution in [0.25, 0.3) is 11.1 Å². The third kappa shape index (κ3) is 2.90. The van der Waals surface area contributed by atoms with Crippen molar-refractivity contribution in [3.05, 3.63) is 58.9 Å². The zero-order valence-corrected chi connectivity index (χ0v) is 10.5. The molecular formula is C14H6F6O2. The van der Waals surface area contributed by atoms with E-state index >= 15 is 0 Å². The highest BCUT2D eigenvalue weighted by molar-refractivity contribution is 5.96. The molecule has 0 aliphatic heterocycles. The number of hydrogen-bond donors (Lipinski definition) is 1. The Hall–Kier alpha value is -2.51. The largest absolute Gasteiger partial charge is 0.478 e. The van der Waals surface area contributed by atoms with Crippen molar-refractivity contribution >= 4 is 5.97 Å². The van der Waals surface area contributed by atoms with Crippen molar-refractivity contribution < 1.29 is 36.2 Å². The number of carboxylic acid groups (broad SMARTS) is 1. The molecule has 0 spiro atoms. The number of carboxylic acids is 1. The molecule has 8 heteroatoms. The Morgan fingerprint density at radius 2 is 1.45 bits per heavy atom. The lowest BCUT2D eigenvalue weighted by atomic mass is 9.96. The summed E-state index contributed by atoms with van der Waals surface area (Å²) in [5.74, 6) is -6.05. The van der Waals surface area contributed by atoms with Gasteiger partial charge in [0.2, 0.25) is 0 Å². The quantitative estimate of drug-likeness (QED) is 0.654. The van der Waals surface area contributed by atoms with Gasteiger partial charge in [0.1, 0.15) is 5.82 Å². The first-order chi connectivity index (χ1) is 10.1. The fourth-order valence-electron chi connectivity index (χ4n) is 1.86. The number of hydrogen-bond acceptors (Lipinski definition) is 1. The third-order valence-corrected chi connectivity index (χ3v) is 2.88. The van der Waals surface area contributed by atoms with Crippen molar-refractivity contribution in [1.82, 2.24) is 0 Å². The lowest BCUT2D eigenvalue weighted by molar-refractivity contribution is -0.137. The van der Waals surface area contributed by atoms with Crippen LogP contribution in [0.4, 0.5) is 26.3 Å². The van der Waals surface area contributed by atoms with E-state index in [1.165, 1.54) is 0 Å². The summed E-state index contributed by atoms with van der Waals surface area (Å²) in [5, 5.41) is 8.96. The van der Waals surface area contributed by atoms with Gasteiger partial charge in [-0.1, -0.05) is 0 Å². The molecule has 0 radical (unpaired) electrons. The number of aromatic carboxylic acids is 1. The van der Waals surface area contributed by atoms with E-state index in [0.717, 1.165) is 0 Å². The van der Waals surface area contributed by atoms with Gasteiger partial charge in [0.25, 0.3) is 0 Å². The molecule has 0 heterocycles. The van der Waals surface area contributed by atoms with E-state index in [9.17, 15) is 31.1 Å². The van der Waals surface area contributed by atoms with Crippen LogP contribution in [0.3, 0.4) is 0 Å². The minimum Gasteiger partial charge on any atom is -0.478 e. The highest BCUT2D eigenvalue weighted by Gasteiger charge is 2.32. The highest BCUT2D eigenvalue weighted by Crippen LogP contribution is 2.35. The van der Waals surface area contributed by atoms with Crippen molar-refractivity contribution in [3.8, 4) is 11.1 Å². The van der Waals surface area contributed by atoms with Crippen LogP contribution < -0.4 is 0 Å². The molecule has 0 aliphatic carbocycles. The van der Waals surface area contributed by atoms with Gasteiger partial charge < -0.3 is 5.11 Å².